The second-order valence-corrected chi connectivity index (χ2v) is 4.65. The molecule has 0 bridgehead atoms. The van der Waals surface area contributed by atoms with Crippen LogP contribution in [0.3, 0.4) is 0 Å². The van der Waals surface area contributed by atoms with Gasteiger partial charge in [0.05, 0.1) is 5.69 Å². The summed E-state index contributed by atoms with van der Waals surface area (Å²) in [5, 5.41) is 4.46. The Morgan fingerprint density at radius 1 is 1.33 bits per heavy atom. The van der Waals surface area contributed by atoms with Gasteiger partial charge in [-0.15, -0.1) is 0 Å². The maximum Gasteiger partial charge on any atom is 0.221 e. The van der Waals surface area contributed by atoms with Gasteiger partial charge in [-0.1, -0.05) is 13.8 Å². The van der Waals surface area contributed by atoms with Gasteiger partial charge in [-0.2, -0.15) is 10.1 Å². The fourth-order valence-corrected chi connectivity index (χ4v) is 1.74. The minimum atomic E-state index is 0.198. The molecule has 0 aliphatic heterocycles. The Morgan fingerprint density at radius 2 is 2.06 bits per heavy atom. The number of nitrogens with zero attached hydrogens (tertiary/aromatic N) is 4. The van der Waals surface area contributed by atoms with Gasteiger partial charge in [0, 0.05) is 30.9 Å². The van der Waals surface area contributed by atoms with Gasteiger partial charge in [-0.05, 0) is 12.0 Å². The minimum absolute atomic E-state index is 0.198. The maximum atomic E-state index is 5.83. The van der Waals surface area contributed by atoms with Gasteiger partial charge in [-0.3, -0.25) is 4.68 Å². The molecule has 2 heterocycles. The summed E-state index contributed by atoms with van der Waals surface area (Å²) in [4.78, 5) is 7.92. The highest BCUT2D eigenvalue weighted by Crippen LogP contribution is 2.18. The van der Waals surface area contributed by atoms with E-state index < -0.39 is 0 Å². The predicted molar refractivity (Wildman–Crippen MR) is 71.0 cm³/mol. The summed E-state index contributed by atoms with van der Waals surface area (Å²) >= 11 is 0. The van der Waals surface area contributed by atoms with Crippen molar-refractivity contribution in [3.8, 4) is 0 Å². The van der Waals surface area contributed by atoms with Gasteiger partial charge < -0.3 is 11.5 Å². The average Bonchev–Trinajstić information content (AvgIpc) is 2.64. The van der Waals surface area contributed by atoms with Crippen LogP contribution in [-0.2, 0) is 13.5 Å². The van der Waals surface area contributed by atoms with Crippen molar-refractivity contribution < 1.29 is 0 Å². The zero-order valence-corrected chi connectivity index (χ0v) is 10.9. The van der Waals surface area contributed by atoms with E-state index in [1.807, 2.05) is 11.7 Å². The van der Waals surface area contributed by atoms with Gasteiger partial charge in [0.15, 0.2) is 0 Å². The second kappa shape index (κ2) is 4.64. The lowest BCUT2D eigenvalue weighted by atomic mass is 10.1. The molecular formula is C12H18N6. The summed E-state index contributed by atoms with van der Waals surface area (Å²) in [6.07, 6.45) is 2.32. The first-order chi connectivity index (χ1) is 8.47. The molecule has 0 saturated carbocycles. The summed E-state index contributed by atoms with van der Waals surface area (Å²) in [5.74, 6) is 1.03. The molecule has 0 spiro atoms. The zero-order chi connectivity index (χ0) is 13.3. The summed E-state index contributed by atoms with van der Waals surface area (Å²) in [5.41, 5.74) is 14.3. The molecule has 0 aliphatic carbocycles. The second-order valence-electron chi connectivity index (χ2n) is 4.65. The number of nitrogens with two attached hydrogens (primary N) is 2. The zero-order valence-electron chi connectivity index (χ0n) is 10.9. The number of aryl methyl sites for hydroxylation is 1. The number of rotatable bonds is 3. The summed E-state index contributed by atoms with van der Waals surface area (Å²) in [6, 6.07) is 2.08. The number of hydrogen-bond donors (Lipinski definition) is 2. The molecule has 6 heteroatoms. The number of hydrogen-bond acceptors (Lipinski definition) is 5. The van der Waals surface area contributed by atoms with E-state index in [2.05, 4.69) is 35.0 Å². The summed E-state index contributed by atoms with van der Waals surface area (Å²) in [7, 11) is 1.93. The van der Waals surface area contributed by atoms with Crippen molar-refractivity contribution in [1.82, 2.24) is 19.7 Å². The molecule has 4 N–H and O–H groups in total. The summed E-state index contributed by atoms with van der Waals surface area (Å²) < 4.78 is 1.87. The van der Waals surface area contributed by atoms with Crippen LogP contribution in [0.1, 0.15) is 36.7 Å². The Kier molecular flexibility index (Phi) is 3.18. The average molecular weight is 246 g/mol. The third kappa shape index (κ3) is 2.42. The van der Waals surface area contributed by atoms with E-state index in [4.69, 9.17) is 11.5 Å². The number of aromatic nitrogens is 4. The van der Waals surface area contributed by atoms with Gasteiger partial charge >= 0.3 is 0 Å². The van der Waals surface area contributed by atoms with Crippen LogP contribution in [0, 0.1) is 0 Å². The molecule has 0 saturated heterocycles. The first kappa shape index (κ1) is 12.3. The van der Waals surface area contributed by atoms with Crippen molar-refractivity contribution in [2.75, 3.05) is 11.5 Å². The van der Waals surface area contributed by atoms with Gasteiger partial charge in [-0.25, -0.2) is 4.98 Å². The molecule has 0 aromatic carbocycles. The normalized spacial score (nSPS) is 11.1. The highest BCUT2D eigenvalue weighted by Gasteiger charge is 2.11. The lowest BCUT2D eigenvalue weighted by Crippen LogP contribution is -2.06. The molecule has 0 radical (unpaired) electrons. The molecule has 0 aliphatic rings. The van der Waals surface area contributed by atoms with Gasteiger partial charge in [0.1, 0.15) is 5.82 Å². The molecule has 0 fully saturated rings. The third-order valence-corrected chi connectivity index (χ3v) is 2.88. The lowest BCUT2D eigenvalue weighted by molar-refractivity contribution is 0.689. The van der Waals surface area contributed by atoms with Crippen LogP contribution in [0.5, 0.6) is 0 Å². The van der Waals surface area contributed by atoms with Crippen molar-refractivity contribution in [2.45, 2.75) is 26.2 Å². The first-order valence-electron chi connectivity index (χ1n) is 5.87. The molecule has 2 rings (SSSR count). The highest BCUT2D eigenvalue weighted by molar-refractivity contribution is 5.43. The standard InChI is InChI=1S/C12H18N6/c1-7(2)10-5-9(18(3)17-10)4-8-6-15-12(14)16-11(8)13/h5-7H,4H2,1-3H3,(H4,13,14,15,16). The van der Waals surface area contributed by atoms with Crippen LogP contribution in [0.25, 0.3) is 0 Å². The third-order valence-electron chi connectivity index (χ3n) is 2.88. The van der Waals surface area contributed by atoms with Crippen LogP contribution < -0.4 is 11.5 Å². The smallest absolute Gasteiger partial charge is 0.221 e. The van der Waals surface area contributed by atoms with E-state index in [1.165, 1.54) is 0 Å². The Morgan fingerprint density at radius 3 is 2.61 bits per heavy atom. The van der Waals surface area contributed by atoms with Gasteiger partial charge in [0.25, 0.3) is 0 Å². The first-order valence-corrected chi connectivity index (χ1v) is 5.87. The van der Waals surface area contributed by atoms with E-state index >= 15 is 0 Å². The van der Waals surface area contributed by atoms with Gasteiger partial charge in [0.2, 0.25) is 5.95 Å². The summed E-state index contributed by atoms with van der Waals surface area (Å²) in [6.45, 7) is 4.24. The van der Waals surface area contributed by atoms with E-state index in [0.29, 0.717) is 18.2 Å². The Hall–Kier alpha value is -2.11. The van der Waals surface area contributed by atoms with Crippen molar-refractivity contribution in [3.05, 3.63) is 29.2 Å². The quantitative estimate of drug-likeness (QED) is 0.845. The molecule has 2 aromatic heterocycles. The molecule has 6 nitrogen and oxygen atoms in total. The van der Waals surface area contributed by atoms with Crippen molar-refractivity contribution in [1.29, 1.82) is 0 Å². The van der Waals surface area contributed by atoms with E-state index in [1.54, 1.807) is 6.20 Å². The Bertz CT molecular complexity index is 558. The molecule has 0 atom stereocenters. The molecule has 0 amide bonds. The fourth-order valence-electron chi connectivity index (χ4n) is 1.74. The SMILES string of the molecule is CC(C)c1cc(Cc2cnc(N)nc2N)n(C)n1. The number of nitrogen functional groups attached to an aromatic ring is 2. The van der Waals surface area contributed by atoms with Crippen LogP contribution in [-0.4, -0.2) is 19.7 Å². The Labute approximate surface area is 106 Å². The van der Waals surface area contributed by atoms with Crippen molar-refractivity contribution >= 4 is 11.8 Å². The van der Waals surface area contributed by atoms with Crippen LogP contribution in [0.15, 0.2) is 12.3 Å². The van der Waals surface area contributed by atoms with Crippen molar-refractivity contribution in [2.24, 2.45) is 7.05 Å². The Balaban J connectivity index is 2.28. The van der Waals surface area contributed by atoms with Crippen molar-refractivity contribution in [3.63, 3.8) is 0 Å². The minimum Gasteiger partial charge on any atom is -0.383 e. The largest absolute Gasteiger partial charge is 0.383 e. The molecule has 96 valence electrons. The molecule has 18 heavy (non-hydrogen) atoms. The topological polar surface area (TPSA) is 95.6 Å². The fraction of sp³-hybridized carbons (Fsp3) is 0.417. The van der Waals surface area contributed by atoms with E-state index in [-0.39, 0.29) is 5.95 Å². The lowest BCUT2D eigenvalue weighted by Gasteiger charge is -2.04. The molecule has 0 unspecified atom stereocenters. The van der Waals surface area contributed by atoms with Crippen LogP contribution >= 0.6 is 0 Å². The molecular weight excluding hydrogens is 228 g/mol. The van der Waals surface area contributed by atoms with E-state index in [0.717, 1.165) is 17.0 Å². The van der Waals surface area contributed by atoms with E-state index in [9.17, 15) is 0 Å². The van der Waals surface area contributed by atoms with Crippen LogP contribution in [0.2, 0.25) is 0 Å². The highest BCUT2D eigenvalue weighted by atomic mass is 15.3. The monoisotopic (exact) mass is 246 g/mol. The van der Waals surface area contributed by atoms with Crippen LogP contribution in [0.4, 0.5) is 11.8 Å². The number of anilines is 2. The predicted octanol–water partition coefficient (Wildman–Crippen LogP) is 1.09. The maximum absolute atomic E-state index is 5.83. The molecule has 2 aromatic rings.